The summed E-state index contributed by atoms with van der Waals surface area (Å²) in [6, 6.07) is 6.05. The van der Waals surface area contributed by atoms with Crippen LogP contribution in [0.15, 0.2) is 18.2 Å². The van der Waals surface area contributed by atoms with E-state index >= 15 is 0 Å². The lowest BCUT2D eigenvalue weighted by Crippen LogP contribution is -1.95. The summed E-state index contributed by atoms with van der Waals surface area (Å²) in [5.74, 6) is 1.36. The van der Waals surface area contributed by atoms with Gasteiger partial charge in [-0.2, -0.15) is 0 Å². The van der Waals surface area contributed by atoms with Gasteiger partial charge in [-0.05, 0) is 36.5 Å². The molecule has 14 heavy (non-hydrogen) atoms. The van der Waals surface area contributed by atoms with E-state index in [9.17, 15) is 0 Å². The second kappa shape index (κ2) is 5.26. The summed E-state index contributed by atoms with van der Waals surface area (Å²) in [4.78, 5) is 0. The maximum absolute atomic E-state index is 6.06. The fraction of sp³-hybridized carbons (Fsp3) is 0.500. The normalized spacial score (nSPS) is 10.6. The number of methoxy groups -OCH3 is 1. The highest BCUT2D eigenvalue weighted by atomic mass is 35.5. The van der Waals surface area contributed by atoms with Crippen molar-refractivity contribution in [1.29, 1.82) is 0 Å². The maximum atomic E-state index is 6.06. The molecule has 0 aliphatic heterocycles. The molecule has 0 saturated carbocycles. The lowest BCUT2D eigenvalue weighted by molar-refractivity contribution is 0.414. The molecule has 0 radical (unpaired) electrons. The molecule has 2 heteroatoms. The van der Waals surface area contributed by atoms with E-state index in [2.05, 4.69) is 19.9 Å². The predicted octanol–water partition coefficient (Wildman–Crippen LogP) is 4.25. The highest BCUT2D eigenvalue weighted by molar-refractivity contribution is 6.32. The van der Waals surface area contributed by atoms with Crippen LogP contribution in [0.5, 0.6) is 5.75 Å². The van der Waals surface area contributed by atoms with Gasteiger partial charge < -0.3 is 4.74 Å². The molecule has 1 aromatic carbocycles. The summed E-state index contributed by atoms with van der Waals surface area (Å²) in [5, 5.41) is 0.705. The molecule has 0 amide bonds. The van der Waals surface area contributed by atoms with Crippen molar-refractivity contribution in [2.24, 2.45) is 0 Å². The smallest absolute Gasteiger partial charge is 0.137 e. The van der Waals surface area contributed by atoms with E-state index in [1.54, 1.807) is 7.11 Å². The molecular weight excluding hydrogens is 196 g/mol. The molecule has 0 N–H and O–H groups in total. The van der Waals surface area contributed by atoms with Crippen LogP contribution in [0.4, 0.5) is 0 Å². The third kappa shape index (κ3) is 2.42. The van der Waals surface area contributed by atoms with E-state index in [1.165, 1.54) is 5.56 Å². The van der Waals surface area contributed by atoms with Crippen LogP contribution >= 0.6 is 11.6 Å². The van der Waals surface area contributed by atoms with E-state index in [4.69, 9.17) is 16.3 Å². The molecule has 1 aromatic rings. The number of ether oxygens (including phenoxy) is 1. The minimum absolute atomic E-state index is 0.610. The highest BCUT2D eigenvalue weighted by Gasteiger charge is 2.09. The Morgan fingerprint density at radius 1 is 1.29 bits per heavy atom. The van der Waals surface area contributed by atoms with Crippen molar-refractivity contribution in [2.45, 2.75) is 32.6 Å². The molecule has 0 atom stereocenters. The van der Waals surface area contributed by atoms with Crippen molar-refractivity contribution in [1.82, 2.24) is 0 Å². The summed E-state index contributed by atoms with van der Waals surface area (Å²) in [6.45, 7) is 4.40. The number of hydrogen-bond donors (Lipinski definition) is 0. The van der Waals surface area contributed by atoms with E-state index in [-0.39, 0.29) is 0 Å². The van der Waals surface area contributed by atoms with Crippen LogP contribution in [0.2, 0.25) is 5.02 Å². The Morgan fingerprint density at radius 2 is 1.93 bits per heavy atom. The number of rotatable bonds is 4. The third-order valence-corrected chi connectivity index (χ3v) is 2.93. The summed E-state index contributed by atoms with van der Waals surface area (Å²) in [7, 11) is 1.64. The van der Waals surface area contributed by atoms with E-state index < -0.39 is 0 Å². The first-order chi connectivity index (χ1) is 6.72. The van der Waals surface area contributed by atoms with Gasteiger partial charge in [0.2, 0.25) is 0 Å². The summed E-state index contributed by atoms with van der Waals surface area (Å²) in [5.41, 5.74) is 1.31. The minimum Gasteiger partial charge on any atom is -0.495 e. The zero-order valence-corrected chi connectivity index (χ0v) is 9.77. The van der Waals surface area contributed by atoms with Crippen molar-refractivity contribution >= 4 is 11.6 Å². The molecule has 0 unspecified atom stereocenters. The molecule has 1 rings (SSSR count). The number of hydrogen-bond acceptors (Lipinski definition) is 1. The fourth-order valence-corrected chi connectivity index (χ4v) is 1.96. The second-order valence-corrected chi connectivity index (χ2v) is 3.81. The molecule has 1 nitrogen and oxygen atoms in total. The Bertz CT molecular complexity index is 292. The average molecular weight is 213 g/mol. The van der Waals surface area contributed by atoms with Gasteiger partial charge in [-0.3, -0.25) is 0 Å². The highest BCUT2D eigenvalue weighted by Crippen LogP contribution is 2.30. The third-order valence-electron chi connectivity index (χ3n) is 2.63. The summed E-state index contributed by atoms with van der Waals surface area (Å²) >= 11 is 6.06. The predicted molar refractivity (Wildman–Crippen MR) is 61.3 cm³/mol. The van der Waals surface area contributed by atoms with Crippen LogP contribution in [0.25, 0.3) is 0 Å². The van der Waals surface area contributed by atoms with Crippen molar-refractivity contribution in [3.63, 3.8) is 0 Å². The zero-order chi connectivity index (χ0) is 10.6. The molecule has 0 fully saturated rings. The first kappa shape index (κ1) is 11.4. The van der Waals surface area contributed by atoms with Crippen molar-refractivity contribution < 1.29 is 4.74 Å². The first-order valence-corrected chi connectivity index (χ1v) is 5.44. The topological polar surface area (TPSA) is 9.23 Å². The van der Waals surface area contributed by atoms with Crippen LogP contribution in [0, 0.1) is 0 Å². The molecular formula is C12H17ClO. The van der Waals surface area contributed by atoms with Gasteiger partial charge in [0.1, 0.15) is 5.75 Å². The molecule has 0 saturated heterocycles. The van der Waals surface area contributed by atoms with Gasteiger partial charge >= 0.3 is 0 Å². The Labute approximate surface area is 91.0 Å². The van der Waals surface area contributed by atoms with Crippen molar-refractivity contribution in [3.05, 3.63) is 28.8 Å². The Kier molecular flexibility index (Phi) is 4.27. The number of benzene rings is 1. The van der Waals surface area contributed by atoms with Gasteiger partial charge in [-0.1, -0.05) is 31.5 Å². The fourth-order valence-electron chi connectivity index (χ4n) is 1.70. The molecule has 0 bridgehead atoms. The van der Waals surface area contributed by atoms with E-state index in [0.717, 1.165) is 18.6 Å². The second-order valence-electron chi connectivity index (χ2n) is 3.41. The average Bonchev–Trinajstić information content (AvgIpc) is 2.20. The largest absolute Gasteiger partial charge is 0.495 e. The summed E-state index contributed by atoms with van der Waals surface area (Å²) < 4.78 is 5.12. The van der Waals surface area contributed by atoms with Crippen molar-refractivity contribution in [2.75, 3.05) is 7.11 Å². The van der Waals surface area contributed by atoms with Crippen LogP contribution < -0.4 is 4.74 Å². The van der Waals surface area contributed by atoms with Crippen molar-refractivity contribution in [3.8, 4) is 5.75 Å². The lowest BCUT2D eigenvalue weighted by atomic mass is 9.94. The Hall–Kier alpha value is -0.690. The molecule has 78 valence electrons. The van der Waals surface area contributed by atoms with Crippen LogP contribution in [0.3, 0.4) is 0 Å². The molecule has 0 heterocycles. The number of halogens is 1. The van der Waals surface area contributed by atoms with Crippen LogP contribution in [0.1, 0.15) is 38.2 Å². The first-order valence-electron chi connectivity index (χ1n) is 5.06. The quantitative estimate of drug-likeness (QED) is 0.725. The van der Waals surface area contributed by atoms with Gasteiger partial charge in [0, 0.05) is 0 Å². The standard InChI is InChI=1S/C12H17ClO/c1-4-9(5-2)10-6-7-12(14-3)11(13)8-10/h6-9H,4-5H2,1-3H3. The lowest BCUT2D eigenvalue weighted by Gasteiger charge is -2.14. The van der Waals surface area contributed by atoms with Gasteiger partial charge in [0.15, 0.2) is 0 Å². The zero-order valence-electron chi connectivity index (χ0n) is 9.01. The molecule has 0 aliphatic rings. The van der Waals surface area contributed by atoms with Crippen LogP contribution in [-0.4, -0.2) is 7.11 Å². The van der Waals surface area contributed by atoms with Crippen LogP contribution in [-0.2, 0) is 0 Å². The van der Waals surface area contributed by atoms with Gasteiger partial charge in [-0.15, -0.1) is 0 Å². The molecule has 0 aliphatic carbocycles. The van der Waals surface area contributed by atoms with E-state index in [1.807, 2.05) is 12.1 Å². The SMILES string of the molecule is CCC(CC)c1ccc(OC)c(Cl)c1. The maximum Gasteiger partial charge on any atom is 0.137 e. The van der Waals surface area contributed by atoms with Gasteiger partial charge in [-0.25, -0.2) is 0 Å². The monoisotopic (exact) mass is 212 g/mol. The Morgan fingerprint density at radius 3 is 2.36 bits per heavy atom. The molecule has 0 aromatic heterocycles. The Balaban J connectivity index is 2.95. The summed E-state index contributed by atoms with van der Waals surface area (Å²) in [6.07, 6.45) is 2.30. The minimum atomic E-state index is 0.610. The van der Waals surface area contributed by atoms with E-state index in [0.29, 0.717) is 10.9 Å². The molecule has 0 spiro atoms. The van der Waals surface area contributed by atoms with Gasteiger partial charge in [0.05, 0.1) is 12.1 Å². The van der Waals surface area contributed by atoms with Gasteiger partial charge in [0.25, 0.3) is 0 Å².